The zero-order valence-electron chi connectivity index (χ0n) is 14.3. The Labute approximate surface area is 151 Å². The molecule has 27 heavy (non-hydrogen) atoms. The number of rotatable bonds is 4. The van der Waals surface area contributed by atoms with E-state index in [2.05, 4.69) is 15.3 Å². The Hall–Kier alpha value is -2.69. The quantitative estimate of drug-likeness (QED) is 0.829. The molecule has 11 heteroatoms. The maximum absolute atomic E-state index is 13.1. The van der Waals surface area contributed by atoms with E-state index < -0.39 is 29.4 Å². The fourth-order valence-electron chi connectivity index (χ4n) is 3.30. The third-order valence-corrected chi connectivity index (χ3v) is 4.59. The van der Waals surface area contributed by atoms with Crippen molar-refractivity contribution >= 4 is 22.9 Å². The number of nitrogens with one attached hydrogen (secondary N) is 1. The predicted octanol–water partition coefficient (Wildman–Crippen LogP) is 1.74. The van der Waals surface area contributed by atoms with Crippen molar-refractivity contribution in [2.45, 2.75) is 31.0 Å². The first kappa shape index (κ1) is 19.1. The minimum atomic E-state index is -4.69. The highest BCUT2D eigenvalue weighted by Crippen LogP contribution is 2.32. The number of nitrogens with zero attached hydrogens (tertiary/aromatic N) is 3. The van der Waals surface area contributed by atoms with Crippen molar-refractivity contribution in [3.05, 3.63) is 23.8 Å². The second-order valence-electron chi connectivity index (χ2n) is 6.46. The summed E-state index contributed by atoms with van der Waals surface area (Å²) in [7, 11) is 1.16. The van der Waals surface area contributed by atoms with Gasteiger partial charge in [0.25, 0.3) is 5.91 Å². The molecule has 0 spiro atoms. The lowest BCUT2D eigenvalue weighted by atomic mass is 9.86. The van der Waals surface area contributed by atoms with Crippen LogP contribution in [-0.4, -0.2) is 50.3 Å². The van der Waals surface area contributed by atoms with Gasteiger partial charge in [-0.2, -0.15) is 13.2 Å². The molecule has 3 rings (SSSR count). The molecule has 0 atom stereocenters. The van der Waals surface area contributed by atoms with Crippen molar-refractivity contribution < 1.29 is 32.6 Å². The molecule has 146 valence electrons. The van der Waals surface area contributed by atoms with Gasteiger partial charge < -0.3 is 19.7 Å². The lowest BCUT2D eigenvalue weighted by Gasteiger charge is -2.36. The highest BCUT2D eigenvalue weighted by Gasteiger charge is 2.39. The minimum Gasteiger partial charge on any atom is -0.481 e. The second-order valence-corrected chi connectivity index (χ2v) is 6.46. The average molecular weight is 386 g/mol. The van der Waals surface area contributed by atoms with Crippen LogP contribution in [0.2, 0.25) is 0 Å². The summed E-state index contributed by atoms with van der Waals surface area (Å²) in [5.41, 5.74) is -1.23. The van der Waals surface area contributed by atoms with E-state index in [0.29, 0.717) is 0 Å². The molecule has 1 aliphatic heterocycles. The van der Waals surface area contributed by atoms with E-state index in [4.69, 9.17) is 4.74 Å². The Kier molecular flexibility index (Phi) is 4.81. The Morgan fingerprint density at radius 1 is 1.33 bits per heavy atom. The number of hydrogen-bond acceptors (Lipinski definition) is 5. The molecule has 0 unspecified atom stereocenters. The van der Waals surface area contributed by atoms with Crippen LogP contribution in [-0.2, 0) is 22.8 Å². The molecule has 1 fully saturated rings. The first-order valence-electron chi connectivity index (χ1n) is 8.13. The number of fused-ring (bicyclic) bond motifs is 1. The van der Waals surface area contributed by atoms with Gasteiger partial charge in [0.15, 0.2) is 0 Å². The van der Waals surface area contributed by atoms with Gasteiger partial charge in [0.1, 0.15) is 5.52 Å². The van der Waals surface area contributed by atoms with Crippen LogP contribution in [0, 0.1) is 0 Å². The van der Waals surface area contributed by atoms with Crippen molar-refractivity contribution in [1.29, 1.82) is 0 Å². The van der Waals surface area contributed by atoms with E-state index in [-0.39, 0.29) is 49.1 Å². The normalized spacial score (nSPS) is 17.0. The zero-order valence-corrected chi connectivity index (χ0v) is 14.3. The molecule has 0 aromatic carbocycles. The van der Waals surface area contributed by atoms with E-state index in [0.717, 1.165) is 24.0 Å². The van der Waals surface area contributed by atoms with E-state index in [1.54, 1.807) is 0 Å². The topological polar surface area (TPSA) is 106 Å². The highest BCUT2D eigenvalue weighted by atomic mass is 19.4. The summed E-state index contributed by atoms with van der Waals surface area (Å²) in [5, 5.41) is 11.9. The number of carboxylic acids is 1. The fraction of sp³-hybridized carbons (Fsp3) is 0.500. The highest BCUT2D eigenvalue weighted by molar-refractivity contribution is 6.05. The number of carbonyl (C=O) groups excluding carboxylic acids is 1. The smallest absolute Gasteiger partial charge is 0.449 e. The molecule has 1 amide bonds. The predicted molar refractivity (Wildman–Crippen MR) is 86.0 cm³/mol. The maximum Gasteiger partial charge on any atom is 0.449 e. The monoisotopic (exact) mass is 386 g/mol. The maximum atomic E-state index is 13.1. The second kappa shape index (κ2) is 6.80. The number of ether oxygens (including phenoxy) is 1. The molecule has 2 N–H and O–H groups in total. The standard InChI is InChI=1S/C16H17F3N4O4/c1-23-12-9(7-20-8-10(12)21-14(23)16(17,18)19)13(26)22-15(6-11(24)25)2-4-27-5-3-15/h7-8H,2-6H2,1H3,(H,22,26)(H,24,25). The molecule has 0 aliphatic carbocycles. The number of pyridine rings is 1. The number of carbonyl (C=O) groups is 2. The fourth-order valence-corrected chi connectivity index (χ4v) is 3.30. The number of aliphatic carboxylic acids is 1. The van der Waals surface area contributed by atoms with Crippen LogP contribution in [0.15, 0.2) is 12.4 Å². The van der Waals surface area contributed by atoms with Gasteiger partial charge in [-0.1, -0.05) is 0 Å². The molecule has 2 aromatic rings. The Bertz CT molecular complexity index is 888. The lowest BCUT2D eigenvalue weighted by Crippen LogP contribution is -2.53. The third-order valence-electron chi connectivity index (χ3n) is 4.59. The number of aromatic nitrogens is 3. The van der Waals surface area contributed by atoms with Crippen LogP contribution in [0.5, 0.6) is 0 Å². The van der Waals surface area contributed by atoms with Gasteiger partial charge in [-0.25, -0.2) is 4.98 Å². The van der Waals surface area contributed by atoms with Crippen molar-refractivity contribution in [2.75, 3.05) is 13.2 Å². The Morgan fingerprint density at radius 3 is 2.59 bits per heavy atom. The van der Waals surface area contributed by atoms with Crippen LogP contribution in [0.25, 0.3) is 11.0 Å². The van der Waals surface area contributed by atoms with E-state index in [1.807, 2.05) is 0 Å². The van der Waals surface area contributed by atoms with Crippen LogP contribution >= 0.6 is 0 Å². The first-order valence-corrected chi connectivity index (χ1v) is 8.13. The van der Waals surface area contributed by atoms with Crippen LogP contribution in [0.1, 0.15) is 35.4 Å². The van der Waals surface area contributed by atoms with Crippen LogP contribution < -0.4 is 5.32 Å². The summed E-state index contributed by atoms with van der Waals surface area (Å²) < 4.78 is 45.4. The SMILES string of the molecule is Cn1c(C(F)(F)F)nc2cncc(C(=O)NC3(CC(=O)O)CCOCC3)c21. The summed E-state index contributed by atoms with van der Waals surface area (Å²) in [6.07, 6.45) is -2.14. The summed E-state index contributed by atoms with van der Waals surface area (Å²) in [4.78, 5) is 31.4. The molecule has 8 nitrogen and oxygen atoms in total. The molecular formula is C16H17F3N4O4. The summed E-state index contributed by atoms with van der Waals surface area (Å²) in [6.45, 7) is 0.555. The molecule has 3 heterocycles. The number of hydrogen-bond donors (Lipinski definition) is 2. The molecular weight excluding hydrogens is 369 g/mol. The van der Waals surface area contributed by atoms with Crippen molar-refractivity contribution in [3.8, 4) is 0 Å². The summed E-state index contributed by atoms with van der Waals surface area (Å²) >= 11 is 0. The number of alkyl halides is 3. The largest absolute Gasteiger partial charge is 0.481 e. The Morgan fingerprint density at radius 2 is 2.00 bits per heavy atom. The summed E-state index contributed by atoms with van der Waals surface area (Å²) in [5.74, 6) is -2.94. The van der Waals surface area contributed by atoms with Crippen LogP contribution in [0.4, 0.5) is 13.2 Å². The number of imidazole rings is 1. The van der Waals surface area contributed by atoms with E-state index in [9.17, 15) is 27.9 Å². The minimum absolute atomic E-state index is 0.0210. The first-order chi connectivity index (χ1) is 12.6. The molecule has 1 saturated heterocycles. The van der Waals surface area contributed by atoms with Gasteiger partial charge >= 0.3 is 12.1 Å². The van der Waals surface area contributed by atoms with Gasteiger partial charge in [-0.3, -0.25) is 14.6 Å². The average Bonchev–Trinajstić information content (AvgIpc) is 2.92. The van der Waals surface area contributed by atoms with E-state index >= 15 is 0 Å². The lowest BCUT2D eigenvalue weighted by molar-refractivity contribution is -0.146. The Balaban J connectivity index is 2.00. The number of aryl methyl sites for hydroxylation is 1. The van der Waals surface area contributed by atoms with E-state index in [1.165, 1.54) is 0 Å². The molecule has 0 saturated carbocycles. The number of halogens is 3. The van der Waals surface area contributed by atoms with Gasteiger partial charge in [-0.15, -0.1) is 0 Å². The molecule has 0 radical (unpaired) electrons. The molecule has 0 bridgehead atoms. The number of amides is 1. The van der Waals surface area contributed by atoms with Gasteiger partial charge in [0, 0.05) is 26.5 Å². The molecule has 1 aliphatic rings. The molecule has 2 aromatic heterocycles. The van der Waals surface area contributed by atoms with Gasteiger partial charge in [0.05, 0.1) is 29.2 Å². The van der Waals surface area contributed by atoms with Crippen LogP contribution in [0.3, 0.4) is 0 Å². The number of carboxylic acid groups (broad SMARTS) is 1. The van der Waals surface area contributed by atoms with Gasteiger partial charge in [-0.05, 0) is 12.8 Å². The van der Waals surface area contributed by atoms with Gasteiger partial charge in [0.2, 0.25) is 5.82 Å². The van der Waals surface area contributed by atoms with Crippen molar-refractivity contribution in [2.24, 2.45) is 7.05 Å². The van der Waals surface area contributed by atoms with Crippen molar-refractivity contribution in [3.63, 3.8) is 0 Å². The summed E-state index contributed by atoms with van der Waals surface area (Å²) in [6, 6.07) is 0. The third kappa shape index (κ3) is 3.72. The zero-order chi connectivity index (χ0) is 19.8. The van der Waals surface area contributed by atoms with Crippen molar-refractivity contribution in [1.82, 2.24) is 19.9 Å².